The molecule has 3 heterocycles. The van der Waals surface area contributed by atoms with Crippen molar-refractivity contribution in [1.82, 2.24) is 25.1 Å². The van der Waals surface area contributed by atoms with Gasteiger partial charge in [0.05, 0.1) is 30.2 Å². The van der Waals surface area contributed by atoms with E-state index < -0.39 is 0 Å². The van der Waals surface area contributed by atoms with Crippen LogP contribution in [0.4, 0.5) is 22.0 Å². The quantitative estimate of drug-likeness (QED) is 0.656. The van der Waals surface area contributed by atoms with Crippen LogP contribution in [0.1, 0.15) is 19.8 Å². The average Bonchev–Trinajstić information content (AvgIpc) is 3.55. The summed E-state index contributed by atoms with van der Waals surface area (Å²) >= 11 is 6.40. The lowest BCUT2D eigenvalue weighted by molar-refractivity contribution is -0.135. The topological polar surface area (TPSA) is 97.2 Å². The van der Waals surface area contributed by atoms with Crippen molar-refractivity contribution in [3.05, 3.63) is 23.6 Å². The van der Waals surface area contributed by atoms with Crippen molar-refractivity contribution in [3.63, 3.8) is 0 Å². The highest BCUT2D eigenvalue weighted by Gasteiger charge is 2.68. The number of halogens is 2. The maximum Gasteiger partial charge on any atom is 0.229 e. The van der Waals surface area contributed by atoms with Gasteiger partial charge in [-0.05, 0) is 23.3 Å². The second-order valence-corrected chi connectivity index (χ2v) is 8.78. The van der Waals surface area contributed by atoms with Crippen LogP contribution in [0.5, 0.6) is 0 Å². The summed E-state index contributed by atoms with van der Waals surface area (Å²) in [5, 5.41) is 11.0. The molecule has 0 bridgehead atoms. The first-order valence-corrected chi connectivity index (χ1v) is 10.5. The molecule has 2 aromatic rings. The molecular formula is C19H23ClFN7O2. The molecule has 0 spiro atoms. The first-order chi connectivity index (χ1) is 14.5. The third-order valence-electron chi connectivity index (χ3n) is 6.45. The van der Waals surface area contributed by atoms with Crippen LogP contribution in [0.15, 0.2) is 18.6 Å². The number of carbonyl (C=O) groups excluding carboxylic acids is 1. The average molecular weight is 436 g/mol. The van der Waals surface area contributed by atoms with Crippen LogP contribution in [0.25, 0.3) is 0 Å². The second-order valence-electron chi connectivity index (χ2n) is 8.38. The molecule has 3 fully saturated rings. The smallest absolute Gasteiger partial charge is 0.229 e. The summed E-state index contributed by atoms with van der Waals surface area (Å²) in [5.74, 6) is 2.26. The maximum absolute atomic E-state index is 12.3. The molecule has 2 unspecified atom stereocenters. The van der Waals surface area contributed by atoms with Crippen LogP contribution in [0.2, 0.25) is 5.02 Å². The van der Waals surface area contributed by atoms with Crippen LogP contribution >= 0.6 is 11.6 Å². The molecule has 2 aliphatic carbocycles. The number of rotatable bonds is 8. The molecule has 11 heteroatoms. The van der Waals surface area contributed by atoms with Gasteiger partial charge in [0.2, 0.25) is 11.9 Å². The van der Waals surface area contributed by atoms with E-state index in [0.29, 0.717) is 47.4 Å². The van der Waals surface area contributed by atoms with Gasteiger partial charge in [-0.15, -0.1) is 0 Å². The summed E-state index contributed by atoms with van der Waals surface area (Å²) in [4.78, 5) is 26.9. The van der Waals surface area contributed by atoms with Crippen molar-refractivity contribution < 1.29 is 14.3 Å². The lowest BCUT2D eigenvalue weighted by atomic mass is 10.2. The molecule has 2 saturated carbocycles. The summed E-state index contributed by atoms with van der Waals surface area (Å²) in [7, 11) is 0. The van der Waals surface area contributed by atoms with Gasteiger partial charge in [0.1, 0.15) is 11.6 Å². The predicted octanol–water partition coefficient (Wildman–Crippen LogP) is 2.32. The zero-order chi connectivity index (χ0) is 20.9. The monoisotopic (exact) mass is 435 g/mol. The largest absolute Gasteiger partial charge is 0.352 e. The summed E-state index contributed by atoms with van der Waals surface area (Å²) < 4.78 is 13.4. The number of carbonyl (C=O) groups is 1. The van der Waals surface area contributed by atoms with Crippen molar-refractivity contribution in [3.8, 4) is 0 Å². The van der Waals surface area contributed by atoms with Gasteiger partial charge in [0, 0.05) is 31.1 Å². The minimum atomic E-state index is -0.179. The Balaban J connectivity index is 1.28. The molecule has 3 aliphatic rings. The van der Waals surface area contributed by atoms with Crippen molar-refractivity contribution in [2.45, 2.75) is 31.8 Å². The number of piperidine rings is 1. The predicted molar refractivity (Wildman–Crippen MR) is 108 cm³/mol. The standard InChI is InChI=1S/C19H23ClFN7O2/c1-11-14-9-27(10-19(11,14)26-17(29)12-2-3-12)16-15(20)7-22-18(25-16)24-13-6-23-28(8-13)4-5-30-21/h6-8,11-12,14H,2-5,9-10H2,1H3,(H,26,29)(H,22,24,25)/t11?,14?,19-/m1/s1. The molecule has 30 heavy (non-hydrogen) atoms. The molecule has 0 radical (unpaired) electrons. The Morgan fingerprint density at radius 2 is 2.27 bits per heavy atom. The van der Waals surface area contributed by atoms with Crippen molar-refractivity contribution in [1.29, 1.82) is 0 Å². The lowest BCUT2D eigenvalue weighted by Crippen LogP contribution is -2.44. The highest BCUT2D eigenvalue weighted by molar-refractivity contribution is 6.32. The van der Waals surface area contributed by atoms with Gasteiger partial charge < -0.3 is 15.5 Å². The molecule has 0 aromatic carbocycles. The van der Waals surface area contributed by atoms with Crippen molar-refractivity contribution in [2.75, 3.05) is 29.9 Å². The fourth-order valence-electron chi connectivity index (χ4n) is 4.46. The Labute approximate surface area is 177 Å². The number of hydrogen-bond acceptors (Lipinski definition) is 7. The van der Waals surface area contributed by atoms with Crippen LogP contribution in [0, 0.1) is 17.8 Å². The Bertz CT molecular complexity index is 968. The van der Waals surface area contributed by atoms with E-state index in [1.807, 2.05) is 0 Å². The molecule has 1 aliphatic heterocycles. The number of aromatic nitrogens is 4. The van der Waals surface area contributed by atoms with E-state index in [-0.39, 0.29) is 24.0 Å². The number of amides is 1. The molecule has 2 aromatic heterocycles. The zero-order valence-electron chi connectivity index (χ0n) is 16.5. The highest BCUT2D eigenvalue weighted by Crippen LogP contribution is 2.56. The number of hydrogen-bond donors (Lipinski definition) is 2. The van der Waals surface area contributed by atoms with E-state index in [1.165, 1.54) is 0 Å². The van der Waals surface area contributed by atoms with E-state index in [2.05, 4.69) is 42.5 Å². The molecule has 9 nitrogen and oxygen atoms in total. The Hall–Kier alpha value is -2.46. The maximum atomic E-state index is 12.3. The normalized spacial score (nSPS) is 27.1. The third kappa shape index (κ3) is 3.47. The minimum Gasteiger partial charge on any atom is -0.352 e. The lowest BCUT2D eigenvalue weighted by Gasteiger charge is -2.25. The molecular weight excluding hydrogens is 413 g/mol. The van der Waals surface area contributed by atoms with Gasteiger partial charge in [-0.2, -0.15) is 15.0 Å². The van der Waals surface area contributed by atoms with E-state index in [9.17, 15) is 9.32 Å². The fourth-order valence-corrected chi connectivity index (χ4v) is 4.67. The number of nitrogens with one attached hydrogen (secondary N) is 2. The van der Waals surface area contributed by atoms with Gasteiger partial charge in [-0.25, -0.2) is 4.98 Å². The molecule has 1 saturated heterocycles. The van der Waals surface area contributed by atoms with E-state index in [1.54, 1.807) is 23.3 Å². The van der Waals surface area contributed by atoms with Crippen LogP contribution in [0.3, 0.4) is 0 Å². The summed E-state index contributed by atoms with van der Waals surface area (Å²) in [6, 6.07) is 0. The highest BCUT2D eigenvalue weighted by atomic mass is 35.5. The Morgan fingerprint density at radius 3 is 3.03 bits per heavy atom. The van der Waals surface area contributed by atoms with Crippen LogP contribution in [-0.4, -0.2) is 50.9 Å². The summed E-state index contributed by atoms with van der Waals surface area (Å²) in [6.07, 6.45) is 6.87. The molecule has 1 amide bonds. The summed E-state index contributed by atoms with van der Waals surface area (Å²) in [6.45, 7) is 3.90. The Kier molecular flexibility index (Phi) is 4.78. The molecule has 2 N–H and O–H groups in total. The van der Waals surface area contributed by atoms with E-state index >= 15 is 0 Å². The number of fused-ring (bicyclic) bond motifs is 1. The first-order valence-electron chi connectivity index (χ1n) is 10.1. The molecule has 3 atom stereocenters. The van der Waals surface area contributed by atoms with Crippen molar-refractivity contribution >= 4 is 35.0 Å². The third-order valence-corrected chi connectivity index (χ3v) is 6.72. The van der Waals surface area contributed by atoms with Gasteiger partial charge in [0.15, 0.2) is 5.82 Å². The van der Waals surface area contributed by atoms with Gasteiger partial charge in [-0.3, -0.25) is 9.48 Å². The van der Waals surface area contributed by atoms with Crippen LogP contribution < -0.4 is 15.5 Å². The van der Waals surface area contributed by atoms with Gasteiger partial charge in [0.25, 0.3) is 0 Å². The van der Waals surface area contributed by atoms with Crippen LogP contribution in [-0.2, 0) is 16.3 Å². The zero-order valence-corrected chi connectivity index (χ0v) is 17.3. The van der Waals surface area contributed by atoms with E-state index in [4.69, 9.17) is 11.6 Å². The van der Waals surface area contributed by atoms with Crippen molar-refractivity contribution in [2.24, 2.45) is 17.8 Å². The SMILES string of the molecule is CC1C2CN(c3nc(Nc4cnn(CCOF)c4)ncc3Cl)C[C@@]12NC(=O)C1CC1. The molecule has 5 rings (SSSR count). The second kappa shape index (κ2) is 7.35. The van der Waals surface area contributed by atoms with Gasteiger partial charge in [-0.1, -0.05) is 18.5 Å². The summed E-state index contributed by atoms with van der Waals surface area (Å²) in [5.41, 5.74) is 0.495. The number of anilines is 3. The number of nitrogens with zero attached hydrogens (tertiary/aromatic N) is 5. The fraction of sp³-hybridized carbons (Fsp3) is 0.579. The molecule has 160 valence electrons. The van der Waals surface area contributed by atoms with Gasteiger partial charge >= 0.3 is 0 Å². The van der Waals surface area contributed by atoms with E-state index in [0.717, 1.165) is 19.4 Å². The Morgan fingerprint density at radius 1 is 1.43 bits per heavy atom. The first kappa shape index (κ1) is 19.5. The minimum absolute atomic E-state index is 0.0731.